The minimum Gasteiger partial charge on any atom is -0.280 e. The lowest BCUT2D eigenvalue weighted by molar-refractivity contribution is 0.599. The Kier molecular flexibility index (Phi) is 6.30. The molecule has 2 N–H and O–H groups in total. The van der Waals surface area contributed by atoms with Crippen molar-refractivity contribution in [2.24, 2.45) is 0 Å². The number of hydrogen-bond donors (Lipinski definition) is 2. The minimum absolute atomic E-state index is 0.00508. The van der Waals surface area contributed by atoms with E-state index in [-0.39, 0.29) is 26.2 Å². The first-order valence-corrected chi connectivity index (χ1v) is 12.0. The zero-order valence-electron chi connectivity index (χ0n) is 14.4. The van der Waals surface area contributed by atoms with E-state index in [1.54, 1.807) is 0 Å². The van der Waals surface area contributed by atoms with Gasteiger partial charge in [0.05, 0.1) is 26.2 Å². The van der Waals surface area contributed by atoms with Crippen molar-refractivity contribution in [2.45, 2.75) is 9.79 Å². The third kappa shape index (κ3) is 5.34. The van der Waals surface area contributed by atoms with Crippen molar-refractivity contribution in [1.82, 2.24) is 0 Å². The molecule has 3 rings (SSSR count). The van der Waals surface area contributed by atoms with Gasteiger partial charge in [-0.3, -0.25) is 9.44 Å². The Balaban J connectivity index is 1.81. The van der Waals surface area contributed by atoms with Gasteiger partial charge in [-0.05, 0) is 66.7 Å². The van der Waals surface area contributed by atoms with E-state index in [0.717, 1.165) is 0 Å². The molecule has 3 aromatic rings. The molecule has 3 aromatic carbocycles. The van der Waals surface area contributed by atoms with Gasteiger partial charge < -0.3 is 0 Å². The molecule has 0 radical (unpaired) electrons. The van der Waals surface area contributed by atoms with Gasteiger partial charge in [0.1, 0.15) is 0 Å². The molecule has 0 amide bonds. The molecule has 0 aliphatic rings. The molecule has 6 nitrogen and oxygen atoms in total. The van der Waals surface area contributed by atoms with Gasteiger partial charge in [0.25, 0.3) is 20.0 Å². The van der Waals surface area contributed by atoms with E-state index in [4.69, 9.17) is 34.8 Å². The van der Waals surface area contributed by atoms with Crippen LogP contribution in [0.3, 0.4) is 0 Å². The molecule has 0 heterocycles. The van der Waals surface area contributed by atoms with E-state index in [1.165, 1.54) is 66.7 Å². The third-order valence-electron chi connectivity index (χ3n) is 3.71. The van der Waals surface area contributed by atoms with Crippen LogP contribution in [0.1, 0.15) is 0 Å². The van der Waals surface area contributed by atoms with Crippen LogP contribution in [0.15, 0.2) is 76.5 Å². The van der Waals surface area contributed by atoms with E-state index in [1.807, 2.05) is 0 Å². The fourth-order valence-corrected chi connectivity index (χ4v) is 4.97. The van der Waals surface area contributed by atoms with Crippen LogP contribution in [-0.2, 0) is 20.0 Å². The van der Waals surface area contributed by atoms with Crippen LogP contribution >= 0.6 is 34.8 Å². The summed E-state index contributed by atoms with van der Waals surface area (Å²) in [5.41, 5.74) is 0.260. The summed E-state index contributed by atoms with van der Waals surface area (Å²) in [7, 11) is -7.75. The topological polar surface area (TPSA) is 92.3 Å². The second-order valence-corrected chi connectivity index (χ2v) is 10.5. The van der Waals surface area contributed by atoms with Crippen molar-refractivity contribution in [2.75, 3.05) is 9.44 Å². The van der Waals surface area contributed by atoms with Crippen molar-refractivity contribution in [3.05, 3.63) is 81.8 Å². The maximum absolute atomic E-state index is 12.5. The van der Waals surface area contributed by atoms with Crippen LogP contribution in [-0.4, -0.2) is 16.8 Å². The summed E-state index contributed by atoms with van der Waals surface area (Å²) in [5.74, 6) is 0. The summed E-state index contributed by atoms with van der Waals surface area (Å²) in [5, 5.41) is 0.822. The second-order valence-electron chi connectivity index (χ2n) is 5.81. The standard InChI is InChI=1S/C18H13Cl3N2O4S2/c19-12-1-6-15(7-2-12)28(24,25)22-14-5-10-18(17(21)11-14)23-29(26,27)16-8-3-13(20)4-9-16/h1-11,22-23H. The first-order valence-electron chi connectivity index (χ1n) is 7.93. The lowest BCUT2D eigenvalue weighted by Gasteiger charge is -2.12. The van der Waals surface area contributed by atoms with E-state index >= 15 is 0 Å². The number of rotatable bonds is 6. The first-order chi connectivity index (χ1) is 13.6. The van der Waals surface area contributed by atoms with Crippen LogP contribution in [0.5, 0.6) is 0 Å². The highest BCUT2D eigenvalue weighted by atomic mass is 35.5. The predicted molar refractivity (Wildman–Crippen MR) is 116 cm³/mol. The van der Waals surface area contributed by atoms with E-state index in [0.29, 0.717) is 10.0 Å². The number of benzene rings is 3. The average Bonchev–Trinajstić information content (AvgIpc) is 2.64. The summed E-state index contributed by atoms with van der Waals surface area (Å²) in [6, 6.07) is 15.3. The van der Waals surface area contributed by atoms with Gasteiger partial charge in [-0.25, -0.2) is 16.8 Å². The highest BCUT2D eigenvalue weighted by Crippen LogP contribution is 2.29. The van der Waals surface area contributed by atoms with Gasteiger partial charge in [-0.1, -0.05) is 34.8 Å². The third-order valence-corrected chi connectivity index (χ3v) is 7.31. The molecular formula is C18H13Cl3N2O4S2. The van der Waals surface area contributed by atoms with Gasteiger partial charge in [-0.2, -0.15) is 0 Å². The Hall–Kier alpha value is -1.97. The zero-order valence-corrected chi connectivity index (χ0v) is 18.3. The summed E-state index contributed by atoms with van der Waals surface area (Å²) in [6.07, 6.45) is 0. The molecule has 0 unspecified atom stereocenters. The monoisotopic (exact) mass is 490 g/mol. The molecule has 0 saturated carbocycles. The van der Waals surface area contributed by atoms with Crippen LogP contribution in [0.4, 0.5) is 11.4 Å². The quantitative estimate of drug-likeness (QED) is 0.493. The van der Waals surface area contributed by atoms with Gasteiger partial charge >= 0.3 is 0 Å². The van der Waals surface area contributed by atoms with Crippen LogP contribution < -0.4 is 9.44 Å². The lowest BCUT2D eigenvalue weighted by Crippen LogP contribution is -2.14. The number of halogens is 3. The Morgan fingerprint density at radius 2 is 1.03 bits per heavy atom. The molecule has 0 spiro atoms. The number of anilines is 2. The van der Waals surface area contributed by atoms with Crippen LogP contribution in [0.2, 0.25) is 15.1 Å². The van der Waals surface area contributed by atoms with Gasteiger partial charge in [0, 0.05) is 10.0 Å². The smallest absolute Gasteiger partial charge is 0.261 e. The summed E-state index contributed by atoms with van der Waals surface area (Å²) < 4.78 is 54.5. The number of sulfonamides is 2. The largest absolute Gasteiger partial charge is 0.280 e. The maximum atomic E-state index is 12.5. The molecule has 0 fully saturated rings. The Labute approximate surface area is 183 Å². The van der Waals surface area contributed by atoms with Gasteiger partial charge in [0.15, 0.2) is 0 Å². The Bertz CT molecular complexity index is 1250. The molecule has 29 heavy (non-hydrogen) atoms. The van der Waals surface area contributed by atoms with Crippen molar-refractivity contribution in [3.8, 4) is 0 Å². The van der Waals surface area contributed by atoms with Crippen molar-refractivity contribution in [1.29, 1.82) is 0 Å². The summed E-state index contributed by atoms with van der Waals surface area (Å²) in [6.45, 7) is 0. The van der Waals surface area contributed by atoms with Crippen LogP contribution in [0.25, 0.3) is 0 Å². The van der Waals surface area contributed by atoms with Crippen molar-refractivity contribution < 1.29 is 16.8 Å². The second kappa shape index (κ2) is 8.41. The van der Waals surface area contributed by atoms with E-state index < -0.39 is 20.0 Å². The van der Waals surface area contributed by atoms with Crippen molar-refractivity contribution >= 4 is 66.2 Å². The number of hydrogen-bond acceptors (Lipinski definition) is 4. The van der Waals surface area contributed by atoms with Crippen LogP contribution in [0, 0.1) is 0 Å². The lowest BCUT2D eigenvalue weighted by atomic mass is 10.3. The molecule has 11 heteroatoms. The first kappa shape index (κ1) is 21.7. The molecular weight excluding hydrogens is 479 g/mol. The Morgan fingerprint density at radius 1 is 0.586 bits per heavy atom. The molecule has 0 bridgehead atoms. The van der Waals surface area contributed by atoms with Crippen molar-refractivity contribution in [3.63, 3.8) is 0 Å². The fourth-order valence-electron chi connectivity index (χ4n) is 2.31. The predicted octanol–water partition coefficient (Wildman–Crippen LogP) is 5.25. The zero-order chi connectivity index (χ0) is 21.2. The normalized spacial score (nSPS) is 11.8. The fraction of sp³-hybridized carbons (Fsp3) is 0. The molecule has 0 saturated heterocycles. The average molecular weight is 492 g/mol. The minimum atomic E-state index is -3.89. The Morgan fingerprint density at radius 3 is 1.48 bits per heavy atom. The van der Waals surface area contributed by atoms with Gasteiger partial charge in [0.2, 0.25) is 0 Å². The molecule has 0 aliphatic heterocycles. The SMILES string of the molecule is O=S(=O)(Nc1ccc(NS(=O)(=O)c2ccc(Cl)cc2)c(Cl)c1)c1ccc(Cl)cc1. The maximum Gasteiger partial charge on any atom is 0.261 e. The summed E-state index contributed by atoms with van der Waals surface area (Å²) in [4.78, 5) is 0.0241. The highest BCUT2D eigenvalue weighted by Gasteiger charge is 2.18. The number of nitrogens with one attached hydrogen (secondary N) is 2. The molecule has 0 aromatic heterocycles. The molecule has 0 atom stereocenters. The van der Waals surface area contributed by atoms with E-state index in [2.05, 4.69) is 9.44 Å². The molecule has 0 aliphatic carbocycles. The molecule has 152 valence electrons. The van der Waals surface area contributed by atoms with Gasteiger partial charge in [-0.15, -0.1) is 0 Å². The summed E-state index contributed by atoms with van der Waals surface area (Å²) >= 11 is 17.7. The highest BCUT2D eigenvalue weighted by molar-refractivity contribution is 7.93. The van der Waals surface area contributed by atoms with E-state index in [9.17, 15) is 16.8 Å².